The number of nitrogens with one attached hydrogen (secondary N) is 2. The Balaban J connectivity index is 1.80. The molecule has 0 bridgehead atoms. The number of carbonyl (C=O) groups excluding carboxylic acids is 1. The minimum atomic E-state index is -0.353. The predicted molar refractivity (Wildman–Crippen MR) is 97.6 cm³/mol. The van der Waals surface area contributed by atoms with Gasteiger partial charge in [-0.05, 0) is 25.1 Å². The number of aromatic amines is 1. The Bertz CT molecular complexity index is 944. The van der Waals surface area contributed by atoms with Crippen LogP contribution in [0.15, 0.2) is 47.6 Å². The summed E-state index contributed by atoms with van der Waals surface area (Å²) in [5, 5.41) is 5.14. The molecule has 0 fully saturated rings. The number of para-hydroxylation sites is 1. The summed E-state index contributed by atoms with van der Waals surface area (Å²) in [6, 6.07) is 12.9. The molecule has 0 aliphatic heterocycles. The molecule has 1 aromatic heterocycles. The number of ether oxygens (including phenoxy) is 2. The van der Waals surface area contributed by atoms with Crippen LogP contribution >= 0.6 is 0 Å². The zero-order valence-corrected chi connectivity index (χ0v) is 14.3. The van der Waals surface area contributed by atoms with Crippen LogP contribution in [0.2, 0.25) is 0 Å². The van der Waals surface area contributed by atoms with Gasteiger partial charge in [0.1, 0.15) is 11.5 Å². The molecule has 3 rings (SSSR count). The zero-order chi connectivity index (χ0) is 17.8. The van der Waals surface area contributed by atoms with Crippen molar-refractivity contribution in [1.82, 2.24) is 10.4 Å². The Morgan fingerprint density at radius 1 is 1.16 bits per heavy atom. The number of aromatic nitrogens is 1. The fraction of sp³-hybridized carbons (Fsp3) is 0.158. The number of hydrogen-bond acceptors (Lipinski definition) is 4. The highest BCUT2D eigenvalue weighted by atomic mass is 16.5. The highest BCUT2D eigenvalue weighted by Gasteiger charge is 2.13. The number of rotatable bonds is 5. The molecule has 2 N–H and O–H groups in total. The van der Waals surface area contributed by atoms with Crippen molar-refractivity contribution in [2.45, 2.75) is 6.92 Å². The van der Waals surface area contributed by atoms with E-state index >= 15 is 0 Å². The topological polar surface area (TPSA) is 75.7 Å². The predicted octanol–water partition coefficient (Wildman–Crippen LogP) is 3.26. The monoisotopic (exact) mass is 337 g/mol. The van der Waals surface area contributed by atoms with Crippen LogP contribution < -0.4 is 14.9 Å². The number of hydrazone groups is 1. The van der Waals surface area contributed by atoms with Crippen molar-refractivity contribution >= 4 is 23.0 Å². The minimum Gasteiger partial charge on any atom is -0.497 e. The quantitative estimate of drug-likeness (QED) is 0.554. The normalized spacial score (nSPS) is 11.0. The summed E-state index contributed by atoms with van der Waals surface area (Å²) >= 11 is 0. The van der Waals surface area contributed by atoms with Crippen LogP contribution in [-0.4, -0.2) is 31.3 Å². The van der Waals surface area contributed by atoms with Crippen LogP contribution in [0, 0.1) is 6.92 Å². The number of nitrogens with zero attached hydrogens (tertiary/aromatic N) is 1. The second-order valence-corrected chi connectivity index (χ2v) is 5.47. The molecule has 0 saturated carbocycles. The Kier molecular flexibility index (Phi) is 4.70. The summed E-state index contributed by atoms with van der Waals surface area (Å²) in [5.41, 5.74) is 5.88. The Labute approximate surface area is 145 Å². The Morgan fingerprint density at radius 2 is 1.96 bits per heavy atom. The molecule has 25 heavy (non-hydrogen) atoms. The van der Waals surface area contributed by atoms with Gasteiger partial charge in [0.05, 0.1) is 26.0 Å². The van der Waals surface area contributed by atoms with Gasteiger partial charge < -0.3 is 14.5 Å². The van der Waals surface area contributed by atoms with E-state index < -0.39 is 0 Å². The molecule has 0 aliphatic rings. The van der Waals surface area contributed by atoms with E-state index in [2.05, 4.69) is 15.5 Å². The van der Waals surface area contributed by atoms with Gasteiger partial charge in [0.15, 0.2) is 0 Å². The van der Waals surface area contributed by atoms with Crippen LogP contribution in [0.5, 0.6) is 11.5 Å². The summed E-state index contributed by atoms with van der Waals surface area (Å²) in [5.74, 6) is 0.690. The van der Waals surface area contributed by atoms with Gasteiger partial charge in [-0.1, -0.05) is 18.2 Å². The average Bonchev–Trinajstić information content (AvgIpc) is 2.96. The lowest BCUT2D eigenvalue weighted by Gasteiger charge is -2.08. The lowest BCUT2D eigenvalue weighted by molar-refractivity contribution is 0.0952. The first-order valence-electron chi connectivity index (χ1n) is 7.76. The SMILES string of the molecule is COc1ccc(C(=O)N/N=C\c2c(C)[nH]c3ccccc23)c(OC)c1. The third-order valence-electron chi connectivity index (χ3n) is 3.96. The first-order valence-corrected chi connectivity index (χ1v) is 7.76. The lowest BCUT2D eigenvalue weighted by atomic mass is 10.1. The highest BCUT2D eigenvalue weighted by molar-refractivity contribution is 6.02. The number of methoxy groups -OCH3 is 2. The van der Waals surface area contributed by atoms with Gasteiger partial charge in [-0.25, -0.2) is 5.43 Å². The molecule has 1 heterocycles. The largest absolute Gasteiger partial charge is 0.497 e. The molecule has 0 atom stereocenters. The summed E-state index contributed by atoms with van der Waals surface area (Å²) in [7, 11) is 3.06. The summed E-state index contributed by atoms with van der Waals surface area (Å²) in [6.07, 6.45) is 1.64. The van der Waals surface area contributed by atoms with Crippen molar-refractivity contribution < 1.29 is 14.3 Å². The van der Waals surface area contributed by atoms with Crippen LogP contribution in [0.25, 0.3) is 10.9 Å². The number of H-pyrrole nitrogens is 1. The minimum absolute atomic E-state index is 0.353. The van der Waals surface area contributed by atoms with Crippen molar-refractivity contribution in [3.63, 3.8) is 0 Å². The molecule has 6 nitrogen and oxygen atoms in total. The standard InChI is InChI=1S/C19H19N3O3/c1-12-16(14-6-4-5-7-17(14)21-12)11-20-22-19(23)15-9-8-13(24-2)10-18(15)25-3/h4-11,21H,1-3H3,(H,22,23)/b20-11-. The van der Waals surface area contributed by atoms with Crippen molar-refractivity contribution in [1.29, 1.82) is 0 Å². The van der Waals surface area contributed by atoms with Crippen molar-refractivity contribution in [3.8, 4) is 11.5 Å². The van der Waals surface area contributed by atoms with Crippen molar-refractivity contribution in [2.24, 2.45) is 5.10 Å². The van der Waals surface area contributed by atoms with Gasteiger partial charge in [-0.15, -0.1) is 0 Å². The molecule has 0 spiro atoms. The van der Waals surface area contributed by atoms with Crippen molar-refractivity contribution in [2.75, 3.05) is 14.2 Å². The van der Waals surface area contributed by atoms with Crippen LogP contribution in [0.3, 0.4) is 0 Å². The number of benzene rings is 2. The van der Waals surface area contributed by atoms with Gasteiger partial charge in [0.25, 0.3) is 5.91 Å². The smallest absolute Gasteiger partial charge is 0.275 e. The first kappa shape index (κ1) is 16.6. The fourth-order valence-corrected chi connectivity index (χ4v) is 2.67. The van der Waals surface area contributed by atoms with E-state index in [0.717, 1.165) is 22.2 Å². The molecular formula is C19H19N3O3. The van der Waals surface area contributed by atoms with Crippen LogP contribution in [0.4, 0.5) is 0 Å². The zero-order valence-electron chi connectivity index (χ0n) is 14.3. The fourth-order valence-electron chi connectivity index (χ4n) is 2.67. The van der Waals surface area contributed by atoms with Gasteiger partial charge in [0, 0.05) is 28.2 Å². The maximum Gasteiger partial charge on any atom is 0.275 e. The summed E-state index contributed by atoms with van der Waals surface area (Å²) in [4.78, 5) is 15.6. The molecule has 6 heteroatoms. The van der Waals surface area contributed by atoms with E-state index in [4.69, 9.17) is 9.47 Å². The summed E-state index contributed by atoms with van der Waals surface area (Å²) < 4.78 is 10.4. The van der Waals surface area contributed by atoms with Crippen molar-refractivity contribution in [3.05, 3.63) is 59.3 Å². The van der Waals surface area contributed by atoms with Gasteiger partial charge in [0.2, 0.25) is 0 Å². The van der Waals surface area contributed by atoms with Crippen LogP contribution in [-0.2, 0) is 0 Å². The Hall–Kier alpha value is -3.28. The summed E-state index contributed by atoms with van der Waals surface area (Å²) in [6.45, 7) is 1.97. The molecule has 0 radical (unpaired) electrons. The Morgan fingerprint density at radius 3 is 2.72 bits per heavy atom. The van der Waals surface area contributed by atoms with E-state index in [9.17, 15) is 4.79 Å². The molecule has 2 aromatic carbocycles. The molecule has 0 aliphatic carbocycles. The highest BCUT2D eigenvalue weighted by Crippen LogP contribution is 2.24. The molecule has 128 valence electrons. The molecule has 0 unspecified atom stereocenters. The molecular weight excluding hydrogens is 318 g/mol. The van der Waals surface area contributed by atoms with E-state index in [1.54, 1.807) is 31.5 Å². The first-order chi connectivity index (χ1) is 12.1. The molecule has 0 saturated heterocycles. The molecule has 3 aromatic rings. The van der Waals surface area contributed by atoms with E-state index in [0.29, 0.717) is 17.1 Å². The second-order valence-electron chi connectivity index (χ2n) is 5.47. The second kappa shape index (κ2) is 7.09. The third-order valence-corrected chi connectivity index (χ3v) is 3.96. The number of fused-ring (bicyclic) bond motifs is 1. The number of aryl methyl sites for hydroxylation is 1. The maximum absolute atomic E-state index is 12.3. The number of carbonyl (C=O) groups is 1. The molecule has 1 amide bonds. The van der Waals surface area contributed by atoms with Gasteiger partial charge >= 0.3 is 0 Å². The van der Waals surface area contributed by atoms with Gasteiger partial charge in [-0.2, -0.15) is 5.10 Å². The van der Waals surface area contributed by atoms with E-state index in [1.807, 2.05) is 31.2 Å². The van der Waals surface area contributed by atoms with E-state index in [-0.39, 0.29) is 5.91 Å². The number of amides is 1. The average molecular weight is 337 g/mol. The number of hydrogen-bond donors (Lipinski definition) is 2. The van der Waals surface area contributed by atoms with Gasteiger partial charge in [-0.3, -0.25) is 4.79 Å². The maximum atomic E-state index is 12.3. The third kappa shape index (κ3) is 3.33. The van der Waals surface area contributed by atoms with E-state index in [1.165, 1.54) is 7.11 Å². The lowest BCUT2D eigenvalue weighted by Crippen LogP contribution is -2.18. The van der Waals surface area contributed by atoms with Crippen LogP contribution in [0.1, 0.15) is 21.6 Å².